The number of carboxylic acids is 1. The number of alkyl halides is 1. The molecule has 2 aromatic rings. The second-order valence-corrected chi connectivity index (χ2v) is 23.0. The van der Waals surface area contributed by atoms with Gasteiger partial charge in [0, 0.05) is 51.5 Å². The van der Waals surface area contributed by atoms with Crippen molar-refractivity contribution in [3.8, 4) is 11.5 Å². The normalized spacial score (nSPS) is 15.9. The summed E-state index contributed by atoms with van der Waals surface area (Å²) in [6.45, 7) is 30.2. The number of epoxide rings is 1. The van der Waals surface area contributed by atoms with Crippen molar-refractivity contribution in [1.29, 1.82) is 0 Å². The van der Waals surface area contributed by atoms with E-state index < -0.39 is 37.1 Å². The van der Waals surface area contributed by atoms with Crippen molar-refractivity contribution in [2.75, 3.05) is 57.8 Å². The summed E-state index contributed by atoms with van der Waals surface area (Å²) in [6, 6.07) is 8.53. The van der Waals surface area contributed by atoms with Gasteiger partial charge in [-0.1, -0.05) is 131 Å². The number of phenolic OH excluding ortho intramolecular Hbond substituents is 2. The smallest absolute Gasteiger partial charge is 0.508 e. The maximum atomic E-state index is 11.2. The third-order valence-corrected chi connectivity index (χ3v) is 10.3. The molecule has 2 fully saturated rings. The Morgan fingerprint density at radius 1 is 0.716 bits per heavy atom. The molecule has 6 atom stereocenters. The number of ether oxygens (including phenoxy) is 5. The predicted molar refractivity (Wildman–Crippen MR) is 318 cm³/mol. The van der Waals surface area contributed by atoms with E-state index in [4.69, 9.17) is 64.9 Å². The van der Waals surface area contributed by atoms with Crippen LogP contribution in [0.1, 0.15) is 163 Å². The molecule has 6 unspecified atom stereocenters. The van der Waals surface area contributed by atoms with E-state index in [1.54, 1.807) is 0 Å². The van der Waals surface area contributed by atoms with Crippen LogP contribution in [0.2, 0.25) is 0 Å². The average molecular weight is 1370 g/mol. The van der Waals surface area contributed by atoms with E-state index in [1.165, 1.54) is 25.0 Å². The monoisotopic (exact) mass is 1370 g/mol. The van der Waals surface area contributed by atoms with Gasteiger partial charge in [-0.3, -0.25) is 9.98 Å². The van der Waals surface area contributed by atoms with Crippen LogP contribution in [-0.2, 0) is 76.5 Å². The molecule has 1 heterocycles. The number of phenols is 2. The first-order chi connectivity index (χ1) is 36.5. The van der Waals surface area contributed by atoms with Gasteiger partial charge in [-0.25, -0.2) is 19.5 Å². The summed E-state index contributed by atoms with van der Waals surface area (Å²) in [4.78, 5) is 59.1. The molecule has 0 spiro atoms. The molecule has 0 aromatic heterocycles. The summed E-state index contributed by atoms with van der Waals surface area (Å²) >= 11 is 2.15. The number of carbonyl (C=O) groups is 3. The minimum atomic E-state index is -1.19. The van der Waals surface area contributed by atoms with Crippen LogP contribution < -0.4 is 17.6 Å². The molecule has 1 radical (unpaired) electrons. The fourth-order valence-corrected chi connectivity index (χ4v) is 6.12. The molecule has 81 heavy (non-hydrogen) atoms. The number of hydrogen-bond donors (Lipinski definition) is 9. The van der Waals surface area contributed by atoms with Gasteiger partial charge in [0.1, 0.15) is 44.5 Å². The minimum Gasteiger partial charge on any atom is -1.00 e. The number of nitrogens with zero attached hydrogens (tertiary/aromatic N) is 2. The van der Waals surface area contributed by atoms with Crippen LogP contribution in [0.3, 0.4) is 0 Å². The Morgan fingerprint density at radius 2 is 0.988 bits per heavy atom. The van der Waals surface area contributed by atoms with Crippen molar-refractivity contribution in [3.63, 3.8) is 0 Å². The van der Waals surface area contributed by atoms with Crippen LogP contribution in [0, 0.1) is 0 Å². The van der Waals surface area contributed by atoms with Crippen LogP contribution in [0.15, 0.2) is 34.3 Å². The van der Waals surface area contributed by atoms with E-state index in [9.17, 15) is 19.8 Å². The van der Waals surface area contributed by atoms with Gasteiger partial charge in [-0.2, -0.15) is 9.59 Å². The van der Waals surface area contributed by atoms with Gasteiger partial charge in [0.25, 0.3) is 0 Å². The van der Waals surface area contributed by atoms with E-state index >= 15 is 0 Å². The maximum absolute atomic E-state index is 11.2. The fourth-order valence-electron chi connectivity index (χ4n) is 6.12. The molecule has 471 valence electrons. The predicted octanol–water partition coefficient (Wildman–Crippen LogP) is 4.77. The largest absolute Gasteiger partial charge is 1.00 e. The Balaban J connectivity index is -0.000000282. The van der Waals surface area contributed by atoms with Crippen molar-refractivity contribution in [3.05, 3.63) is 57.6 Å². The molecule has 2 aliphatic rings. The standard InChI is InChI=1S/C36H54N2O2.C10H18O8.C3H6O.C2H4O3.C2H6O2.CH3I.CO2.ClH.Co.H3NP2/c1-33(2,3)25-17-23(31(39)27(19-25)35(7,8)9)21-37-29-15-13-14-16-30(29)38-22-24-18-26(34(4,5)6)20-28(32(24)40)36(10,11)12;1-7(11)5-17-9(13)15-3-4-16-10(14)18-6-8(2)12;1-3-2-4-3;3-1-2(4)5;3-1-2-4;1-2;2-1-3;;;1-3-2/h17-22,29-30,39-40H,13-16H2,1-12H3;7-8,11-12H,3-6H2,1-2H3;3H,2H2,1H3;3H,1H2,(H,4,5);3-4H,1-2H2;1H3;;1H;;1H,2H2. The number of aliphatic imine (C=N–C) groups is 2. The van der Waals surface area contributed by atoms with Gasteiger partial charge in [-0.15, -0.1) is 0 Å². The Morgan fingerprint density at radius 3 is 1.19 bits per heavy atom. The Bertz CT molecular complexity index is 2010. The molecular formula is C55H95ClCoIN3O18P2. The molecule has 26 heteroatoms. The fraction of sp³-hybridized carbons (Fsp3) is 0.673. The third-order valence-electron chi connectivity index (χ3n) is 10.3. The topological polar surface area (TPSA) is 347 Å². The molecule has 1 saturated heterocycles. The van der Waals surface area contributed by atoms with Gasteiger partial charge in [0.15, 0.2) is 0 Å². The Hall–Kier alpha value is -3.41. The number of aliphatic hydroxyl groups is 5. The first kappa shape index (κ1) is 88.8. The summed E-state index contributed by atoms with van der Waals surface area (Å²) in [5.41, 5.74) is 5.39. The number of aliphatic carboxylic acids is 1. The first-order valence-electron chi connectivity index (χ1n) is 25.4. The molecule has 1 aliphatic carbocycles. The van der Waals surface area contributed by atoms with Gasteiger partial charge in [0.05, 0.1) is 50.2 Å². The second-order valence-electron chi connectivity index (χ2n) is 21.8. The number of aromatic hydroxyl groups is 2. The SMILES string of the molecule is CC(C)(C)c1cc(C=NC2CCCCC2N=Cc2cc(C(C)(C)C)cc(C(C)(C)C)c2O)c(O)c(C(C)(C)C)c1.CC(O)COC(=O)OCCOC(=O)OCC(C)O.CC1CO1.CI.O=C(O)CO.O=C=O.OCCO.[Cl-].[Co].[NH2+]=PP. The molecule has 0 amide bonds. The van der Waals surface area contributed by atoms with Gasteiger partial charge >= 0.3 is 24.4 Å². The average Bonchev–Trinajstić information content (AvgIpc) is 4.15. The minimum absolute atomic E-state index is 0. The van der Waals surface area contributed by atoms with Gasteiger partial charge in [0.2, 0.25) is 8.06 Å². The number of benzene rings is 2. The Labute approximate surface area is 514 Å². The third kappa shape index (κ3) is 45.7. The molecule has 10 N–H and O–H groups in total. The number of rotatable bonds is 13. The zero-order valence-electron chi connectivity index (χ0n) is 50.1. The quantitative estimate of drug-likeness (QED) is 0.0248. The number of nitrogens with two attached hydrogens (primary N) is 1. The Kier molecular flexibility index (Phi) is 52.5. The van der Waals surface area contributed by atoms with Crippen molar-refractivity contribution in [2.45, 2.75) is 182 Å². The zero-order valence-corrected chi connectivity index (χ0v) is 56.1. The van der Waals surface area contributed by atoms with Crippen LogP contribution >= 0.6 is 39.6 Å². The summed E-state index contributed by atoms with van der Waals surface area (Å²) in [6.07, 6.45) is 5.27. The molecule has 1 aliphatic heterocycles. The van der Waals surface area contributed by atoms with E-state index in [-0.39, 0.29) is 109 Å². The first-order valence-corrected chi connectivity index (χ1v) is 30.2. The molecule has 2 aromatic carbocycles. The summed E-state index contributed by atoms with van der Waals surface area (Å²) in [5.74, 6) is -0.553. The van der Waals surface area contributed by atoms with Crippen molar-refractivity contribution in [1.82, 2.24) is 0 Å². The zero-order chi connectivity index (χ0) is 62.3. The maximum Gasteiger partial charge on any atom is 0.508 e. The van der Waals surface area contributed by atoms with E-state index in [0.29, 0.717) is 17.6 Å². The molecule has 21 nitrogen and oxygen atoms in total. The second kappa shape index (κ2) is 47.9. The van der Waals surface area contributed by atoms with Gasteiger partial charge < -0.3 is 76.9 Å². The summed E-state index contributed by atoms with van der Waals surface area (Å²) in [7, 11) is 3.16. The molecular weight excluding hydrogens is 1270 g/mol. The van der Waals surface area contributed by atoms with Gasteiger partial charge in [-0.05, 0) is 92.4 Å². The molecule has 1 saturated carbocycles. The molecule has 4 rings (SSSR count). The number of hydrogen-bond acceptors (Lipinski definition) is 19. The number of aliphatic hydroxyl groups excluding tert-OH is 5. The van der Waals surface area contributed by atoms with E-state index in [0.717, 1.165) is 62.6 Å². The van der Waals surface area contributed by atoms with Crippen LogP contribution in [0.4, 0.5) is 9.59 Å². The van der Waals surface area contributed by atoms with Crippen molar-refractivity contribution < 1.29 is 123 Å². The summed E-state index contributed by atoms with van der Waals surface area (Å²) < 4.78 is 22.7. The molecule has 0 bridgehead atoms. The van der Waals surface area contributed by atoms with Crippen molar-refractivity contribution in [2.24, 2.45) is 9.98 Å². The number of halogens is 2. The van der Waals surface area contributed by atoms with E-state index in [2.05, 4.69) is 165 Å². The van der Waals surface area contributed by atoms with Crippen LogP contribution in [-0.4, -0.2) is 166 Å². The number of carboxylic acid groups (broad SMARTS) is 1. The summed E-state index contributed by atoms with van der Waals surface area (Å²) in [5, 5.41) is 75.1. The number of carbonyl (C=O) groups excluding carboxylic acids is 4. The van der Waals surface area contributed by atoms with E-state index in [1.807, 2.05) is 17.4 Å². The van der Waals surface area contributed by atoms with Crippen LogP contribution in [0.25, 0.3) is 0 Å². The van der Waals surface area contributed by atoms with Crippen molar-refractivity contribution >= 4 is 76.4 Å². The van der Waals surface area contributed by atoms with Crippen LogP contribution in [0.5, 0.6) is 11.5 Å².